The summed E-state index contributed by atoms with van der Waals surface area (Å²) in [6, 6.07) is 5.14. The third-order valence-corrected chi connectivity index (χ3v) is 4.32. The summed E-state index contributed by atoms with van der Waals surface area (Å²) in [6.45, 7) is 0.794. The van der Waals surface area contributed by atoms with Crippen LogP contribution < -0.4 is 5.32 Å². The molecule has 0 atom stereocenters. The van der Waals surface area contributed by atoms with Gasteiger partial charge in [0.25, 0.3) is 5.91 Å². The first-order chi connectivity index (χ1) is 8.56. The van der Waals surface area contributed by atoms with Crippen molar-refractivity contribution >= 4 is 33.4 Å². The quantitative estimate of drug-likeness (QED) is 0.871. The van der Waals surface area contributed by atoms with Gasteiger partial charge in [-0.05, 0) is 58.8 Å². The number of carbonyl (C=O) groups excluding carboxylic acids is 1. The first-order valence-corrected chi connectivity index (χ1v) is 7.08. The Morgan fingerprint density at radius 2 is 2.22 bits per heavy atom. The van der Waals surface area contributed by atoms with Crippen LogP contribution in [0.5, 0.6) is 0 Å². The number of hydrogen-bond acceptors (Lipinski definition) is 2. The summed E-state index contributed by atoms with van der Waals surface area (Å²) in [5, 5.41) is 12.4. The highest BCUT2D eigenvalue weighted by Gasteiger charge is 2.41. The number of halogens is 2. The van der Waals surface area contributed by atoms with Gasteiger partial charge in [0.2, 0.25) is 0 Å². The Morgan fingerprint density at radius 3 is 2.83 bits per heavy atom. The van der Waals surface area contributed by atoms with E-state index in [0.29, 0.717) is 17.1 Å². The Labute approximate surface area is 120 Å². The zero-order chi connectivity index (χ0) is 13.2. The van der Waals surface area contributed by atoms with Crippen LogP contribution in [0.4, 0.5) is 0 Å². The Bertz CT molecular complexity index is 460. The molecule has 0 radical (unpaired) electrons. The molecule has 1 aliphatic carbocycles. The molecule has 1 aliphatic rings. The average Bonchev–Trinajstić information content (AvgIpc) is 3.10. The third kappa shape index (κ3) is 3.25. The molecular weight excluding hydrogens is 318 g/mol. The Hall–Kier alpha value is -0.580. The molecule has 0 aromatic heterocycles. The summed E-state index contributed by atoms with van der Waals surface area (Å²) < 4.78 is 0.733. The summed E-state index contributed by atoms with van der Waals surface area (Å²) >= 11 is 9.22. The van der Waals surface area contributed by atoms with Crippen LogP contribution in [0.15, 0.2) is 22.7 Å². The average molecular weight is 333 g/mol. The molecule has 0 heterocycles. The molecule has 3 nitrogen and oxygen atoms in total. The van der Waals surface area contributed by atoms with Gasteiger partial charge in [-0.15, -0.1) is 0 Å². The molecular formula is C13H15BrClNO2. The Kier molecular flexibility index (Phi) is 4.30. The molecule has 1 saturated carbocycles. The largest absolute Gasteiger partial charge is 0.396 e. The molecule has 1 aromatic rings. The normalized spacial score (nSPS) is 16.4. The minimum absolute atomic E-state index is 0.120. The monoisotopic (exact) mass is 331 g/mol. The fourth-order valence-electron chi connectivity index (χ4n) is 1.96. The number of rotatable bonds is 5. The van der Waals surface area contributed by atoms with E-state index in [1.807, 2.05) is 0 Å². The van der Waals surface area contributed by atoms with Crippen LogP contribution in [0.3, 0.4) is 0 Å². The van der Waals surface area contributed by atoms with Crippen LogP contribution in [0.25, 0.3) is 0 Å². The van der Waals surface area contributed by atoms with Crippen molar-refractivity contribution in [1.82, 2.24) is 5.32 Å². The maximum absolute atomic E-state index is 12.0. The van der Waals surface area contributed by atoms with Gasteiger partial charge < -0.3 is 10.4 Å². The van der Waals surface area contributed by atoms with E-state index in [1.165, 1.54) is 0 Å². The fourth-order valence-corrected chi connectivity index (χ4v) is 2.56. The van der Waals surface area contributed by atoms with E-state index in [0.717, 1.165) is 23.7 Å². The van der Waals surface area contributed by atoms with Crippen LogP contribution in [0, 0.1) is 5.41 Å². The SMILES string of the molecule is O=C(NCC1(CCO)CC1)c1cc(Cl)ccc1Br. The van der Waals surface area contributed by atoms with Crippen LogP contribution in [0.2, 0.25) is 5.02 Å². The molecule has 0 spiro atoms. The molecule has 2 rings (SSSR count). The molecule has 0 unspecified atom stereocenters. The minimum Gasteiger partial charge on any atom is -0.396 e. The van der Waals surface area contributed by atoms with E-state index < -0.39 is 0 Å². The second-order valence-corrected chi connectivity index (χ2v) is 6.07. The van der Waals surface area contributed by atoms with Gasteiger partial charge in [0.15, 0.2) is 0 Å². The lowest BCUT2D eigenvalue weighted by atomic mass is 10.0. The summed E-state index contributed by atoms with van der Waals surface area (Å²) in [6.07, 6.45) is 2.90. The first kappa shape index (κ1) is 13.8. The number of aliphatic hydroxyl groups is 1. The van der Waals surface area contributed by atoms with Gasteiger partial charge in [0.05, 0.1) is 5.56 Å². The molecule has 0 bridgehead atoms. The zero-order valence-electron chi connectivity index (χ0n) is 9.88. The molecule has 2 N–H and O–H groups in total. The summed E-state index contributed by atoms with van der Waals surface area (Å²) in [7, 11) is 0. The highest BCUT2D eigenvalue weighted by Crippen LogP contribution is 2.47. The van der Waals surface area contributed by atoms with Crippen LogP contribution in [-0.4, -0.2) is 24.2 Å². The van der Waals surface area contributed by atoms with Crippen molar-refractivity contribution in [2.45, 2.75) is 19.3 Å². The van der Waals surface area contributed by atoms with Crippen molar-refractivity contribution in [2.75, 3.05) is 13.2 Å². The third-order valence-electron chi connectivity index (χ3n) is 3.40. The van der Waals surface area contributed by atoms with Crippen molar-refractivity contribution in [2.24, 2.45) is 5.41 Å². The minimum atomic E-state index is -0.131. The fraction of sp³-hybridized carbons (Fsp3) is 0.462. The maximum atomic E-state index is 12.0. The van der Waals surface area contributed by atoms with E-state index in [2.05, 4.69) is 21.2 Å². The number of carbonyl (C=O) groups is 1. The van der Waals surface area contributed by atoms with E-state index in [9.17, 15) is 4.79 Å². The van der Waals surface area contributed by atoms with E-state index in [1.54, 1.807) is 18.2 Å². The van der Waals surface area contributed by atoms with E-state index in [-0.39, 0.29) is 17.9 Å². The first-order valence-electron chi connectivity index (χ1n) is 5.90. The van der Waals surface area contributed by atoms with Gasteiger partial charge in [-0.2, -0.15) is 0 Å². The predicted octanol–water partition coefficient (Wildman–Crippen LogP) is 2.99. The topological polar surface area (TPSA) is 49.3 Å². The lowest BCUT2D eigenvalue weighted by Gasteiger charge is -2.15. The van der Waals surface area contributed by atoms with Crippen molar-refractivity contribution in [3.63, 3.8) is 0 Å². The number of aliphatic hydroxyl groups excluding tert-OH is 1. The molecule has 1 fully saturated rings. The van der Waals surface area contributed by atoms with Gasteiger partial charge in [0.1, 0.15) is 0 Å². The molecule has 1 aromatic carbocycles. The molecule has 1 amide bonds. The van der Waals surface area contributed by atoms with Crippen LogP contribution in [-0.2, 0) is 0 Å². The number of benzene rings is 1. The summed E-state index contributed by atoms with van der Waals surface area (Å²) in [4.78, 5) is 12.0. The second-order valence-electron chi connectivity index (χ2n) is 4.78. The van der Waals surface area contributed by atoms with Gasteiger partial charge in [-0.1, -0.05) is 11.6 Å². The van der Waals surface area contributed by atoms with Gasteiger partial charge in [-0.3, -0.25) is 4.79 Å². The summed E-state index contributed by atoms with van der Waals surface area (Å²) in [5.74, 6) is -0.131. The molecule has 18 heavy (non-hydrogen) atoms. The molecule has 98 valence electrons. The Morgan fingerprint density at radius 1 is 1.50 bits per heavy atom. The highest BCUT2D eigenvalue weighted by molar-refractivity contribution is 9.10. The maximum Gasteiger partial charge on any atom is 0.252 e. The van der Waals surface area contributed by atoms with Crippen molar-refractivity contribution in [3.05, 3.63) is 33.3 Å². The van der Waals surface area contributed by atoms with E-state index in [4.69, 9.17) is 16.7 Å². The van der Waals surface area contributed by atoms with Gasteiger partial charge in [0, 0.05) is 22.6 Å². The molecule has 5 heteroatoms. The van der Waals surface area contributed by atoms with Crippen LogP contribution >= 0.6 is 27.5 Å². The number of nitrogens with one attached hydrogen (secondary N) is 1. The lowest BCUT2D eigenvalue weighted by Crippen LogP contribution is -2.30. The standard InChI is InChI=1S/C13H15BrClNO2/c14-11-2-1-9(15)7-10(11)12(18)16-8-13(3-4-13)5-6-17/h1-2,7,17H,3-6,8H2,(H,16,18). The van der Waals surface area contributed by atoms with Crippen molar-refractivity contribution in [3.8, 4) is 0 Å². The zero-order valence-corrected chi connectivity index (χ0v) is 12.2. The Balaban J connectivity index is 1.98. The second kappa shape index (κ2) is 5.59. The number of hydrogen-bond donors (Lipinski definition) is 2. The van der Waals surface area contributed by atoms with Crippen LogP contribution in [0.1, 0.15) is 29.6 Å². The smallest absolute Gasteiger partial charge is 0.252 e. The molecule has 0 saturated heterocycles. The summed E-state index contributed by atoms with van der Waals surface area (Å²) in [5.41, 5.74) is 0.664. The predicted molar refractivity (Wildman–Crippen MR) is 74.9 cm³/mol. The number of amides is 1. The van der Waals surface area contributed by atoms with Crippen molar-refractivity contribution in [1.29, 1.82) is 0 Å². The van der Waals surface area contributed by atoms with Gasteiger partial charge in [-0.25, -0.2) is 0 Å². The highest BCUT2D eigenvalue weighted by atomic mass is 79.9. The molecule has 0 aliphatic heterocycles. The lowest BCUT2D eigenvalue weighted by molar-refractivity contribution is 0.0940. The van der Waals surface area contributed by atoms with Crippen molar-refractivity contribution < 1.29 is 9.90 Å². The van der Waals surface area contributed by atoms with E-state index >= 15 is 0 Å². The van der Waals surface area contributed by atoms with Gasteiger partial charge >= 0.3 is 0 Å².